The highest BCUT2D eigenvalue weighted by Gasteiger charge is 2.82. The number of carbonyl (C=O) groups excluding carboxylic acids is 1. The predicted molar refractivity (Wildman–Crippen MR) is 73.2 cm³/mol. The highest BCUT2D eigenvalue weighted by atomic mass is 79.9. The summed E-state index contributed by atoms with van der Waals surface area (Å²) in [6.07, 6.45) is 0. The summed E-state index contributed by atoms with van der Waals surface area (Å²) >= 11 is 3.27. The van der Waals surface area contributed by atoms with E-state index in [1.165, 1.54) is 6.92 Å². The molecular weight excluding hydrogens is 316 g/mol. The molecule has 5 heteroatoms. The van der Waals surface area contributed by atoms with Gasteiger partial charge in [0.2, 0.25) is 5.91 Å². The minimum atomic E-state index is -3.00. The summed E-state index contributed by atoms with van der Waals surface area (Å²) < 4.78 is 28.9. The standard InChI is InChI=1S/C14H16BrF2NO/c1-8(2)18-12(19)13(3)11(14(13,16)17)9-4-6-10(15)7-5-9/h4-8,11H,1-3H3,(H,18,19). The Morgan fingerprint density at radius 1 is 1.32 bits per heavy atom. The van der Waals surface area contributed by atoms with Gasteiger partial charge < -0.3 is 5.32 Å². The average molecular weight is 332 g/mol. The Balaban J connectivity index is 2.28. The van der Waals surface area contributed by atoms with Gasteiger partial charge in [-0.05, 0) is 38.5 Å². The van der Waals surface area contributed by atoms with Crippen LogP contribution in [-0.2, 0) is 4.79 Å². The van der Waals surface area contributed by atoms with E-state index in [0.717, 1.165) is 4.47 Å². The van der Waals surface area contributed by atoms with Crippen LogP contribution in [0.5, 0.6) is 0 Å². The van der Waals surface area contributed by atoms with E-state index < -0.39 is 23.2 Å². The Bertz CT molecular complexity index is 501. The third-order valence-corrected chi connectivity index (χ3v) is 4.17. The number of amides is 1. The lowest BCUT2D eigenvalue weighted by Gasteiger charge is -2.14. The van der Waals surface area contributed by atoms with Crippen LogP contribution in [0.2, 0.25) is 0 Å². The van der Waals surface area contributed by atoms with Crippen LogP contribution in [0.4, 0.5) is 8.78 Å². The number of carbonyl (C=O) groups is 1. The van der Waals surface area contributed by atoms with Crippen molar-refractivity contribution in [3.63, 3.8) is 0 Å². The van der Waals surface area contributed by atoms with E-state index in [2.05, 4.69) is 21.2 Å². The maximum atomic E-state index is 14.1. The van der Waals surface area contributed by atoms with E-state index in [1.807, 2.05) is 0 Å². The fourth-order valence-electron chi connectivity index (χ4n) is 2.42. The summed E-state index contributed by atoms with van der Waals surface area (Å²) in [5, 5.41) is 2.58. The molecule has 19 heavy (non-hydrogen) atoms. The number of halogens is 3. The van der Waals surface area contributed by atoms with Gasteiger partial charge in [0.25, 0.3) is 5.92 Å². The SMILES string of the molecule is CC(C)NC(=O)C1(C)C(c2ccc(Br)cc2)C1(F)F. The molecule has 1 N–H and O–H groups in total. The largest absolute Gasteiger partial charge is 0.353 e. The number of hydrogen-bond donors (Lipinski definition) is 1. The number of nitrogens with one attached hydrogen (secondary N) is 1. The van der Waals surface area contributed by atoms with Crippen molar-refractivity contribution >= 4 is 21.8 Å². The zero-order valence-electron chi connectivity index (χ0n) is 11.0. The molecule has 1 aliphatic carbocycles. The minimum absolute atomic E-state index is 0.147. The van der Waals surface area contributed by atoms with Gasteiger partial charge in [-0.2, -0.15) is 0 Å². The molecule has 0 heterocycles. The lowest BCUT2D eigenvalue weighted by molar-refractivity contribution is -0.129. The van der Waals surface area contributed by atoms with Gasteiger partial charge in [0.1, 0.15) is 5.41 Å². The molecule has 0 radical (unpaired) electrons. The number of hydrogen-bond acceptors (Lipinski definition) is 1. The molecule has 2 unspecified atom stereocenters. The van der Waals surface area contributed by atoms with Crippen LogP contribution in [0.25, 0.3) is 0 Å². The number of benzene rings is 1. The molecule has 0 saturated heterocycles. The number of rotatable bonds is 3. The van der Waals surface area contributed by atoms with Gasteiger partial charge in [0, 0.05) is 10.5 Å². The molecule has 1 saturated carbocycles. The highest BCUT2D eigenvalue weighted by Crippen LogP contribution is 2.71. The van der Waals surface area contributed by atoms with Crippen LogP contribution < -0.4 is 5.32 Å². The van der Waals surface area contributed by atoms with E-state index in [-0.39, 0.29) is 6.04 Å². The van der Waals surface area contributed by atoms with Gasteiger partial charge in [-0.25, -0.2) is 8.78 Å². The first-order valence-electron chi connectivity index (χ1n) is 6.15. The van der Waals surface area contributed by atoms with Gasteiger partial charge in [0.15, 0.2) is 0 Å². The molecule has 0 aliphatic heterocycles. The van der Waals surface area contributed by atoms with Gasteiger partial charge in [0.05, 0.1) is 5.92 Å². The second-order valence-corrected chi connectivity index (χ2v) is 6.35. The van der Waals surface area contributed by atoms with Crippen molar-refractivity contribution in [2.45, 2.75) is 38.7 Å². The number of alkyl halides is 2. The molecule has 2 rings (SSSR count). The fraction of sp³-hybridized carbons (Fsp3) is 0.500. The summed E-state index contributed by atoms with van der Waals surface area (Å²) in [7, 11) is 0. The summed E-state index contributed by atoms with van der Waals surface area (Å²) in [4.78, 5) is 12.0. The van der Waals surface area contributed by atoms with E-state index in [1.54, 1.807) is 38.1 Å². The normalized spacial score (nSPS) is 28.3. The second kappa shape index (κ2) is 4.54. The van der Waals surface area contributed by atoms with Crippen LogP contribution in [-0.4, -0.2) is 17.9 Å². The van der Waals surface area contributed by atoms with E-state index in [4.69, 9.17) is 0 Å². The van der Waals surface area contributed by atoms with Gasteiger partial charge in [-0.3, -0.25) is 4.79 Å². The summed E-state index contributed by atoms with van der Waals surface area (Å²) in [5.41, 5.74) is -1.15. The van der Waals surface area contributed by atoms with Crippen molar-refractivity contribution in [3.8, 4) is 0 Å². The summed E-state index contributed by atoms with van der Waals surface area (Å²) in [5.74, 6) is -4.63. The van der Waals surface area contributed by atoms with Crippen molar-refractivity contribution in [1.29, 1.82) is 0 Å². The second-order valence-electron chi connectivity index (χ2n) is 5.44. The maximum absolute atomic E-state index is 14.1. The van der Waals surface area contributed by atoms with Gasteiger partial charge in [-0.1, -0.05) is 28.1 Å². The minimum Gasteiger partial charge on any atom is -0.353 e. The van der Waals surface area contributed by atoms with E-state index in [9.17, 15) is 13.6 Å². The molecule has 1 aromatic carbocycles. The molecule has 1 aromatic rings. The summed E-state index contributed by atoms with van der Waals surface area (Å²) in [6, 6.07) is 6.55. The zero-order valence-corrected chi connectivity index (χ0v) is 12.6. The highest BCUT2D eigenvalue weighted by molar-refractivity contribution is 9.10. The first-order valence-corrected chi connectivity index (χ1v) is 6.94. The Kier molecular flexibility index (Phi) is 3.45. The van der Waals surface area contributed by atoms with E-state index in [0.29, 0.717) is 5.56 Å². The van der Waals surface area contributed by atoms with Gasteiger partial charge in [-0.15, -0.1) is 0 Å². The monoisotopic (exact) mass is 331 g/mol. The Labute approximate surface area is 119 Å². The first kappa shape index (κ1) is 14.4. The van der Waals surface area contributed by atoms with Crippen molar-refractivity contribution in [2.24, 2.45) is 5.41 Å². The lowest BCUT2D eigenvalue weighted by Crippen LogP contribution is -2.38. The van der Waals surface area contributed by atoms with Crippen LogP contribution in [0.1, 0.15) is 32.3 Å². The molecular formula is C14H16BrF2NO. The predicted octanol–water partition coefficient (Wildman–Crippen LogP) is 3.71. The van der Waals surface area contributed by atoms with Crippen LogP contribution >= 0.6 is 15.9 Å². The Hall–Kier alpha value is -0.970. The molecule has 1 amide bonds. The van der Waals surface area contributed by atoms with Gasteiger partial charge >= 0.3 is 0 Å². The Morgan fingerprint density at radius 3 is 2.32 bits per heavy atom. The molecule has 0 bridgehead atoms. The molecule has 0 spiro atoms. The molecule has 0 aromatic heterocycles. The average Bonchev–Trinajstić information content (AvgIpc) is 2.75. The third kappa shape index (κ3) is 2.18. The van der Waals surface area contributed by atoms with Crippen molar-refractivity contribution in [1.82, 2.24) is 5.32 Å². The fourth-order valence-corrected chi connectivity index (χ4v) is 2.69. The smallest absolute Gasteiger partial charge is 0.270 e. The zero-order chi connectivity index (χ0) is 14.4. The lowest BCUT2D eigenvalue weighted by atomic mass is 10.00. The molecule has 1 fully saturated rings. The maximum Gasteiger partial charge on any atom is 0.270 e. The molecule has 1 aliphatic rings. The van der Waals surface area contributed by atoms with Crippen LogP contribution in [0.3, 0.4) is 0 Å². The molecule has 104 valence electrons. The van der Waals surface area contributed by atoms with Crippen LogP contribution in [0.15, 0.2) is 28.7 Å². The van der Waals surface area contributed by atoms with Crippen molar-refractivity contribution in [2.75, 3.05) is 0 Å². The van der Waals surface area contributed by atoms with Crippen LogP contribution in [0, 0.1) is 5.41 Å². The quantitative estimate of drug-likeness (QED) is 0.898. The Morgan fingerprint density at radius 2 is 1.84 bits per heavy atom. The third-order valence-electron chi connectivity index (χ3n) is 3.64. The van der Waals surface area contributed by atoms with Crippen molar-refractivity contribution in [3.05, 3.63) is 34.3 Å². The molecule has 2 atom stereocenters. The topological polar surface area (TPSA) is 29.1 Å². The van der Waals surface area contributed by atoms with E-state index >= 15 is 0 Å². The molecule has 2 nitrogen and oxygen atoms in total. The van der Waals surface area contributed by atoms with Crippen molar-refractivity contribution < 1.29 is 13.6 Å². The first-order chi connectivity index (χ1) is 8.71. The summed E-state index contributed by atoms with van der Waals surface area (Å²) in [6.45, 7) is 4.85.